The van der Waals surface area contributed by atoms with Gasteiger partial charge in [0.05, 0.1) is 6.10 Å². The molecule has 1 aliphatic carbocycles. The Hall–Kier alpha value is -0.610. The Labute approximate surface area is 91.5 Å². The average Bonchev–Trinajstić information content (AvgIpc) is 2.25. The molecule has 0 aliphatic heterocycles. The van der Waals surface area contributed by atoms with Gasteiger partial charge in [0.25, 0.3) is 0 Å². The maximum atomic E-state index is 11.7. The molecule has 1 aliphatic rings. The van der Waals surface area contributed by atoms with Crippen LogP contribution in [0.25, 0.3) is 0 Å². The van der Waals surface area contributed by atoms with Gasteiger partial charge in [0, 0.05) is 25.6 Å². The first-order valence-corrected chi connectivity index (χ1v) is 5.69. The third kappa shape index (κ3) is 4.18. The van der Waals surface area contributed by atoms with Gasteiger partial charge < -0.3 is 15.8 Å². The fourth-order valence-electron chi connectivity index (χ4n) is 1.94. The Morgan fingerprint density at radius 3 is 2.93 bits per heavy atom. The van der Waals surface area contributed by atoms with Crippen molar-refractivity contribution < 1.29 is 9.53 Å². The molecule has 0 radical (unpaired) electrons. The van der Waals surface area contributed by atoms with Crippen LogP contribution in [0.4, 0.5) is 0 Å². The molecule has 0 aromatic carbocycles. The molecule has 15 heavy (non-hydrogen) atoms. The number of hydrogen-bond donors (Lipinski definition) is 2. The third-order valence-electron chi connectivity index (χ3n) is 3.05. The second kappa shape index (κ2) is 6.08. The largest absolute Gasteiger partial charge is 0.380 e. The molecule has 4 nitrogen and oxygen atoms in total. The van der Waals surface area contributed by atoms with Crippen LogP contribution in [0.2, 0.25) is 0 Å². The lowest BCUT2D eigenvalue weighted by molar-refractivity contribution is -0.126. The molecular weight excluding hydrogens is 192 g/mol. The summed E-state index contributed by atoms with van der Waals surface area (Å²) >= 11 is 0. The molecule has 1 amide bonds. The second-order valence-corrected chi connectivity index (χ2v) is 4.42. The molecule has 1 fully saturated rings. The van der Waals surface area contributed by atoms with Crippen LogP contribution in [-0.2, 0) is 9.53 Å². The van der Waals surface area contributed by atoms with E-state index in [4.69, 9.17) is 10.5 Å². The fraction of sp³-hybridized carbons (Fsp3) is 0.909. The van der Waals surface area contributed by atoms with Crippen molar-refractivity contribution in [2.45, 2.75) is 44.8 Å². The van der Waals surface area contributed by atoms with E-state index < -0.39 is 0 Å². The predicted molar refractivity (Wildman–Crippen MR) is 59.4 cm³/mol. The van der Waals surface area contributed by atoms with E-state index in [0.717, 1.165) is 25.7 Å². The Morgan fingerprint density at radius 1 is 1.60 bits per heavy atom. The van der Waals surface area contributed by atoms with E-state index in [1.807, 2.05) is 6.92 Å². The molecule has 0 spiro atoms. The first kappa shape index (κ1) is 12.5. The summed E-state index contributed by atoms with van der Waals surface area (Å²) in [5.74, 6) is 0.242. The van der Waals surface area contributed by atoms with Crippen molar-refractivity contribution in [2.24, 2.45) is 11.7 Å². The van der Waals surface area contributed by atoms with Gasteiger partial charge in [0.2, 0.25) is 5.91 Å². The van der Waals surface area contributed by atoms with Crippen LogP contribution >= 0.6 is 0 Å². The van der Waals surface area contributed by atoms with Gasteiger partial charge in [0.1, 0.15) is 0 Å². The first-order chi connectivity index (χ1) is 7.13. The lowest BCUT2D eigenvalue weighted by atomic mass is 9.85. The first-order valence-electron chi connectivity index (χ1n) is 5.69. The van der Waals surface area contributed by atoms with E-state index in [2.05, 4.69) is 5.32 Å². The summed E-state index contributed by atoms with van der Waals surface area (Å²) in [6, 6.07) is 0.203. The molecule has 3 unspecified atom stereocenters. The summed E-state index contributed by atoms with van der Waals surface area (Å²) in [5.41, 5.74) is 5.84. The molecule has 0 aromatic rings. The highest BCUT2D eigenvalue weighted by Crippen LogP contribution is 2.22. The van der Waals surface area contributed by atoms with Crippen LogP contribution in [0.15, 0.2) is 0 Å². The Balaban J connectivity index is 2.26. The average molecular weight is 214 g/mol. The second-order valence-electron chi connectivity index (χ2n) is 4.42. The SMILES string of the molecule is COC(C)CNC(=O)C1CCCC(N)C1. The highest BCUT2D eigenvalue weighted by Gasteiger charge is 2.25. The van der Waals surface area contributed by atoms with Crippen LogP contribution in [-0.4, -0.2) is 31.7 Å². The van der Waals surface area contributed by atoms with Gasteiger partial charge in [-0.25, -0.2) is 0 Å². The number of carbonyl (C=O) groups excluding carboxylic acids is 1. The summed E-state index contributed by atoms with van der Waals surface area (Å²) in [7, 11) is 1.65. The van der Waals surface area contributed by atoms with Crippen molar-refractivity contribution in [3.05, 3.63) is 0 Å². The molecule has 1 rings (SSSR count). The number of nitrogens with two attached hydrogens (primary N) is 1. The van der Waals surface area contributed by atoms with Crippen molar-refractivity contribution in [3.8, 4) is 0 Å². The lowest BCUT2D eigenvalue weighted by Crippen LogP contribution is -2.40. The molecule has 0 saturated heterocycles. The molecule has 0 heterocycles. The van der Waals surface area contributed by atoms with E-state index in [0.29, 0.717) is 6.54 Å². The normalized spacial score (nSPS) is 28.5. The van der Waals surface area contributed by atoms with E-state index in [-0.39, 0.29) is 24.0 Å². The number of hydrogen-bond acceptors (Lipinski definition) is 3. The van der Waals surface area contributed by atoms with Crippen LogP contribution in [0.1, 0.15) is 32.6 Å². The Bertz CT molecular complexity index is 209. The third-order valence-corrected chi connectivity index (χ3v) is 3.05. The standard InChI is InChI=1S/C11H22N2O2/c1-8(15-2)7-13-11(14)9-4-3-5-10(12)6-9/h8-10H,3-7,12H2,1-2H3,(H,13,14). The molecule has 4 heteroatoms. The van der Waals surface area contributed by atoms with Crippen molar-refractivity contribution in [2.75, 3.05) is 13.7 Å². The number of amides is 1. The van der Waals surface area contributed by atoms with Gasteiger partial charge >= 0.3 is 0 Å². The maximum Gasteiger partial charge on any atom is 0.223 e. The van der Waals surface area contributed by atoms with E-state index in [1.54, 1.807) is 7.11 Å². The topological polar surface area (TPSA) is 64.3 Å². The van der Waals surface area contributed by atoms with Crippen LogP contribution in [0.5, 0.6) is 0 Å². The molecule has 1 saturated carbocycles. The van der Waals surface area contributed by atoms with Crippen LogP contribution in [0.3, 0.4) is 0 Å². The highest BCUT2D eigenvalue weighted by molar-refractivity contribution is 5.78. The van der Waals surface area contributed by atoms with Crippen molar-refractivity contribution >= 4 is 5.91 Å². The number of rotatable bonds is 4. The van der Waals surface area contributed by atoms with Gasteiger partial charge in [-0.2, -0.15) is 0 Å². The summed E-state index contributed by atoms with van der Waals surface area (Å²) in [6.07, 6.45) is 4.00. The fourth-order valence-corrected chi connectivity index (χ4v) is 1.94. The molecule has 0 bridgehead atoms. The van der Waals surface area contributed by atoms with Gasteiger partial charge in [-0.3, -0.25) is 4.79 Å². The Kier molecular flexibility index (Phi) is 5.05. The van der Waals surface area contributed by atoms with Crippen molar-refractivity contribution in [1.82, 2.24) is 5.32 Å². The summed E-state index contributed by atoms with van der Waals surface area (Å²) in [4.78, 5) is 11.7. The predicted octanol–water partition coefficient (Wildman–Crippen LogP) is 0.655. The number of carbonyl (C=O) groups is 1. The number of nitrogens with one attached hydrogen (secondary N) is 1. The molecular formula is C11H22N2O2. The van der Waals surface area contributed by atoms with Crippen LogP contribution in [0, 0.1) is 5.92 Å². The Morgan fingerprint density at radius 2 is 2.33 bits per heavy atom. The molecule has 0 aromatic heterocycles. The maximum absolute atomic E-state index is 11.7. The zero-order valence-electron chi connectivity index (χ0n) is 9.66. The zero-order valence-corrected chi connectivity index (χ0v) is 9.66. The van der Waals surface area contributed by atoms with E-state index >= 15 is 0 Å². The van der Waals surface area contributed by atoms with Crippen LogP contribution < -0.4 is 11.1 Å². The highest BCUT2D eigenvalue weighted by atomic mass is 16.5. The van der Waals surface area contributed by atoms with E-state index in [1.165, 1.54) is 0 Å². The summed E-state index contributed by atoms with van der Waals surface area (Å²) in [6.45, 7) is 2.52. The summed E-state index contributed by atoms with van der Waals surface area (Å²) in [5, 5.41) is 2.90. The lowest BCUT2D eigenvalue weighted by Gasteiger charge is -2.26. The molecule has 88 valence electrons. The number of ether oxygens (including phenoxy) is 1. The van der Waals surface area contributed by atoms with Crippen molar-refractivity contribution in [1.29, 1.82) is 0 Å². The minimum atomic E-state index is 0.0752. The van der Waals surface area contributed by atoms with Crippen molar-refractivity contribution in [3.63, 3.8) is 0 Å². The van der Waals surface area contributed by atoms with Gasteiger partial charge in [-0.1, -0.05) is 6.42 Å². The molecule has 3 atom stereocenters. The van der Waals surface area contributed by atoms with Gasteiger partial charge in [-0.05, 0) is 26.2 Å². The van der Waals surface area contributed by atoms with Gasteiger partial charge in [0.15, 0.2) is 0 Å². The minimum Gasteiger partial charge on any atom is -0.380 e. The zero-order chi connectivity index (χ0) is 11.3. The van der Waals surface area contributed by atoms with E-state index in [9.17, 15) is 4.79 Å². The summed E-state index contributed by atoms with van der Waals surface area (Å²) < 4.78 is 5.07. The number of methoxy groups -OCH3 is 1. The smallest absolute Gasteiger partial charge is 0.223 e. The van der Waals surface area contributed by atoms with Gasteiger partial charge in [-0.15, -0.1) is 0 Å². The molecule has 3 N–H and O–H groups in total. The monoisotopic (exact) mass is 214 g/mol. The quantitative estimate of drug-likeness (QED) is 0.722. The minimum absolute atomic E-state index is 0.0752.